The summed E-state index contributed by atoms with van der Waals surface area (Å²) in [6.07, 6.45) is 11.8. The van der Waals surface area contributed by atoms with E-state index in [4.69, 9.17) is 0 Å². The van der Waals surface area contributed by atoms with Gasteiger partial charge < -0.3 is 0 Å². The number of carbonyl (C=O) groups is 2. The molecule has 1 atom stereocenters. The lowest BCUT2D eigenvalue weighted by Gasteiger charge is -2.15. The standard InChI is InChI=1S/C27H32O2S/c1-4-7-18(5-2)8-6-9-20-11-10-19-12-13-21-22(14-15-24(21)29)26(19)23-16-25(17(3)28)30-27(20)23/h7,12-13,16,20H,4-6,8-11,14-15H2,1-3H3. The Hall–Kier alpha value is -2.00. The first-order valence-electron chi connectivity index (χ1n) is 11.5. The second-order valence-electron chi connectivity index (χ2n) is 8.75. The lowest BCUT2D eigenvalue weighted by Crippen LogP contribution is -1.99. The van der Waals surface area contributed by atoms with Gasteiger partial charge in [-0.3, -0.25) is 9.59 Å². The Balaban J connectivity index is 1.70. The third-order valence-electron chi connectivity index (χ3n) is 6.81. The average molecular weight is 421 g/mol. The van der Waals surface area contributed by atoms with E-state index in [0.29, 0.717) is 12.3 Å². The zero-order valence-electron chi connectivity index (χ0n) is 18.5. The number of aryl methyl sites for hydroxylation is 1. The molecule has 2 nitrogen and oxygen atoms in total. The quantitative estimate of drug-likeness (QED) is 0.340. The van der Waals surface area contributed by atoms with Crippen LogP contribution >= 0.6 is 11.3 Å². The van der Waals surface area contributed by atoms with Crippen LogP contribution in [0.2, 0.25) is 0 Å². The fourth-order valence-corrected chi connectivity index (χ4v) is 6.47. The number of allylic oxidation sites excluding steroid dienone is 2. The van der Waals surface area contributed by atoms with Gasteiger partial charge in [0.1, 0.15) is 0 Å². The van der Waals surface area contributed by atoms with Crippen molar-refractivity contribution in [3.8, 4) is 11.1 Å². The van der Waals surface area contributed by atoms with Crippen LogP contribution in [0.4, 0.5) is 0 Å². The minimum atomic E-state index is 0.149. The van der Waals surface area contributed by atoms with Gasteiger partial charge in [-0.05, 0) is 92.5 Å². The van der Waals surface area contributed by atoms with E-state index in [2.05, 4.69) is 32.1 Å². The molecule has 4 rings (SSSR count). The van der Waals surface area contributed by atoms with Gasteiger partial charge in [0.05, 0.1) is 4.88 Å². The number of benzene rings is 1. The van der Waals surface area contributed by atoms with Gasteiger partial charge in [0.15, 0.2) is 11.6 Å². The van der Waals surface area contributed by atoms with Gasteiger partial charge in [-0.2, -0.15) is 0 Å². The van der Waals surface area contributed by atoms with Crippen LogP contribution in [-0.2, 0) is 12.8 Å². The molecular weight excluding hydrogens is 388 g/mol. The molecule has 0 saturated heterocycles. The summed E-state index contributed by atoms with van der Waals surface area (Å²) in [6.45, 7) is 6.13. The van der Waals surface area contributed by atoms with Crippen molar-refractivity contribution in [3.05, 3.63) is 56.3 Å². The number of thiophene rings is 1. The lowest BCUT2D eigenvalue weighted by atomic mass is 9.91. The fraction of sp³-hybridized carbons (Fsp3) is 0.481. The molecule has 1 aromatic carbocycles. The summed E-state index contributed by atoms with van der Waals surface area (Å²) >= 11 is 1.70. The molecule has 0 bridgehead atoms. The highest BCUT2D eigenvalue weighted by atomic mass is 32.1. The number of carbonyl (C=O) groups excluding carboxylic acids is 2. The smallest absolute Gasteiger partial charge is 0.169 e. The lowest BCUT2D eigenvalue weighted by molar-refractivity contribution is 0.0992. The third-order valence-corrected chi connectivity index (χ3v) is 8.21. The predicted molar refractivity (Wildman–Crippen MR) is 126 cm³/mol. The Morgan fingerprint density at radius 1 is 1.17 bits per heavy atom. The molecule has 3 heteroatoms. The van der Waals surface area contributed by atoms with Crippen LogP contribution < -0.4 is 0 Å². The molecule has 30 heavy (non-hydrogen) atoms. The minimum Gasteiger partial charge on any atom is -0.294 e. The molecule has 2 aliphatic rings. The average Bonchev–Trinajstić information content (AvgIpc) is 3.30. The topological polar surface area (TPSA) is 34.1 Å². The maximum Gasteiger partial charge on any atom is 0.169 e. The number of hydrogen-bond acceptors (Lipinski definition) is 3. The summed E-state index contributed by atoms with van der Waals surface area (Å²) in [5.74, 6) is 0.918. The number of hydrogen-bond donors (Lipinski definition) is 0. The summed E-state index contributed by atoms with van der Waals surface area (Å²) in [4.78, 5) is 26.8. The first-order chi connectivity index (χ1) is 14.5. The van der Waals surface area contributed by atoms with Crippen molar-refractivity contribution in [1.29, 1.82) is 0 Å². The molecule has 158 valence electrons. The molecule has 1 heterocycles. The van der Waals surface area contributed by atoms with Crippen molar-refractivity contribution in [3.63, 3.8) is 0 Å². The molecule has 1 unspecified atom stereocenters. The summed E-state index contributed by atoms with van der Waals surface area (Å²) in [5.41, 5.74) is 7.59. The molecule has 1 aromatic heterocycles. The van der Waals surface area contributed by atoms with Gasteiger partial charge in [-0.1, -0.05) is 37.6 Å². The van der Waals surface area contributed by atoms with E-state index < -0.39 is 0 Å². The van der Waals surface area contributed by atoms with E-state index in [0.717, 1.165) is 42.5 Å². The number of ketones is 2. The van der Waals surface area contributed by atoms with Crippen LogP contribution in [0.1, 0.15) is 108 Å². The first-order valence-corrected chi connectivity index (χ1v) is 12.4. The van der Waals surface area contributed by atoms with Crippen LogP contribution in [0.5, 0.6) is 0 Å². The first kappa shape index (κ1) is 21.2. The molecule has 0 aliphatic heterocycles. The second-order valence-corrected chi connectivity index (χ2v) is 9.83. The van der Waals surface area contributed by atoms with Crippen LogP contribution in [0.25, 0.3) is 11.1 Å². The van der Waals surface area contributed by atoms with Gasteiger partial charge in [0.25, 0.3) is 0 Å². The molecule has 0 fully saturated rings. The molecule has 0 spiro atoms. The SMILES string of the molecule is CCC=C(CC)CCCC1CCc2ccc3c(c2-c2cc(C(C)=O)sc21)CCC3=O. The van der Waals surface area contributed by atoms with E-state index in [9.17, 15) is 9.59 Å². The van der Waals surface area contributed by atoms with Crippen LogP contribution in [0, 0.1) is 0 Å². The number of rotatable bonds is 7. The normalized spacial score (nSPS) is 18.0. The van der Waals surface area contributed by atoms with Gasteiger partial charge in [-0.25, -0.2) is 0 Å². The summed E-state index contributed by atoms with van der Waals surface area (Å²) < 4.78 is 0. The maximum atomic E-state index is 12.4. The monoisotopic (exact) mass is 420 g/mol. The Morgan fingerprint density at radius 3 is 2.73 bits per heavy atom. The summed E-state index contributed by atoms with van der Waals surface area (Å²) in [7, 11) is 0. The van der Waals surface area contributed by atoms with E-state index in [1.54, 1.807) is 23.8 Å². The summed E-state index contributed by atoms with van der Waals surface area (Å²) in [5, 5.41) is 0. The van der Waals surface area contributed by atoms with E-state index in [1.165, 1.54) is 46.4 Å². The van der Waals surface area contributed by atoms with Crippen molar-refractivity contribution < 1.29 is 9.59 Å². The summed E-state index contributed by atoms with van der Waals surface area (Å²) in [6, 6.07) is 6.34. The molecule has 0 amide bonds. The third kappa shape index (κ3) is 3.97. The van der Waals surface area contributed by atoms with Crippen LogP contribution in [0.3, 0.4) is 0 Å². The van der Waals surface area contributed by atoms with Gasteiger partial charge >= 0.3 is 0 Å². The highest BCUT2D eigenvalue weighted by Gasteiger charge is 2.31. The highest BCUT2D eigenvalue weighted by Crippen LogP contribution is 2.48. The van der Waals surface area contributed by atoms with Crippen molar-refractivity contribution in [1.82, 2.24) is 0 Å². The fourth-order valence-electron chi connectivity index (χ4n) is 5.24. The highest BCUT2D eigenvalue weighted by molar-refractivity contribution is 7.14. The van der Waals surface area contributed by atoms with Crippen molar-refractivity contribution >= 4 is 22.9 Å². The van der Waals surface area contributed by atoms with Crippen LogP contribution in [-0.4, -0.2) is 11.6 Å². The van der Waals surface area contributed by atoms with Crippen molar-refractivity contribution in [2.45, 2.75) is 84.5 Å². The maximum absolute atomic E-state index is 12.4. The van der Waals surface area contributed by atoms with E-state index in [1.807, 2.05) is 6.07 Å². The zero-order valence-corrected chi connectivity index (χ0v) is 19.3. The van der Waals surface area contributed by atoms with Crippen LogP contribution in [0.15, 0.2) is 29.8 Å². The molecule has 2 aliphatic carbocycles. The van der Waals surface area contributed by atoms with E-state index in [-0.39, 0.29) is 11.6 Å². The van der Waals surface area contributed by atoms with Crippen molar-refractivity contribution in [2.75, 3.05) is 0 Å². The van der Waals surface area contributed by atoms with Gasteiger partial charge in [0.2, 0.25) is 0 Å². The molecule has 0 N–H and O–H groups in total. The molecule has 2 aromatic rings. The molecular formula is C27H32O2S. The van der Waals surface area contributed by atoms with E-state index >= 15 is 0 Å². The molecule has 0 saturated carbocycles. The second kappa shape index (κ2) is 9.01. The Labute approximate surface area is 184 Å². The van der Waals surface area contributed by atoms with Gasteiger partial charge in [-0.15, -0.1) is 11.3 Å². The number of fused-ring (bicyclic) bond motifs is 5. The Morgan fingerprint density at radius 2 is 2.00 bits per heavy atom. The zero-order chi connectivity index (χ0) is 21.3. The van der Waals surface area contributed by atoms with Crippen molar-refractivity contribution in [2.24, 2.45) is 0 Å². The molecule has 0 radical (unpaired) electrons. The Kier molecular flexibility index (Phi) is 6.38. The van der Waals surface area contributed by atoms with Gasteiger partial charge in [0, 0.05) is 16.9 Å². The Bertz CT molecular complexity index is 1010. The number of Topliss-reactive ketones (excluding diaryl/α,β-unsaturated/α-hetero) is 2. The largest absolute Gasteiger partial charge is 0.294 e. The minimum absolute atomic E-state index is 0.149. The predicted octanol–water partition coefficient (Wildman–Crippen LogP) is 7.69.